The molecule has 6 nitrogen and oxygen atoms in total. The van der Waals surface area contributed by atoms with E-state index < -0.39 is 0 Å². The van der Waals surface area contributed by atoms with Gasteiger partial charge < -0.3 is 21.1 Å². The fraction of sp³-hybridized carbons (Fsp3) is 0.467. The number of hydrogen-bond acceptors (Lipinski definition) is 4. The number of ether oxygens (including phenoxy) is 1. The highest BCUT2D eigenvalue weighted by Gasteiger charge is 2.28. The molecule has 0 aliphatic heterocycles. The van der Waals surface area contributed by atoms with E-state index in [1.54, 1.807) is 25.2 Å². The Morgan fingerprint density at radius 3 is 2.67 bits per heavy atom. The summed E-state index contributed by atoms with van der Waals surface area (Å²) in [4.78, 5) is 23.9. The molecule has 1 aromatic rings. The van der Waals surface area contributed by atoms with E-state index >= 15 is 0 Å². The SMILES string of the molecule is CNC(=O)c1ccc(OC)c(NC(=O)C2CCC(N)C2)c1. The van der Waals surface area contributed by atoms with Crippen LogP contribution in [0.3, 0.4) is 0 Å². The van der Waals surface area contributed by atoms with Gasteiger partial charge in [-0.25, -0.2) is 0 Å². The Bertz CT molecular complexity index is 545. The van der Waals surface area contributed by atoms with Gasteiger partial charge in [0.2, 0.25) is 5.91 Å². The van der Waals surface area contributed by atoms with Crippen molar-refractivity contribution >= 4 is 17.5 Å². The number of nitrogens with two attached hydrogens (primary N) is 1. The number of nitrogens with one attached hydrogen (secondary N) is 2. The van der Waals surface area contributed by atoms with E-state index in [4.69, 9.17) is 10.5 Å². The van der Waals surface area contributed by atoms with Crippen LogP contribution in [-0.4, -0.2) is 32.0 Å². The summed E-state index contributed by atoms with van der Waals surface area (Å²) in [5.74, 6) is 0.165. The monoisotopic (exact) mass is 291 g/mol. The summed E-state index contributed by atoms with van der Waals surface area (Å²) < 4.78 is 5.23. The summed E-state index contributed by atoms with van der Waals surface area (Å²) in [7, 11) is 3.08. The van der Waals surface area contributed by atoms with Crippen LogP contribution in [0.2, 0.25) is 0 Å². The van der Waals surface area contributed by atoms with Crippen LogP contribution in [0, 0.1) is 5.92 Å². The zero-order valence-electron chi connectivity index (χ0n) is 12.3. The van der Waals surface area contributed by atoms with E-state index in [-0.39, 0.29) is 23.8 Å². The molecule has 6 heteroatoms. The molecule has 1 aromatic carbocycles. The largest absolute Gasteiger partial charge is 0.495 e. The minimum Gasteiger partial charge on any atom is -0.495 e. The minimum atomic E-state index is -0.212. The number of amides is 2. The summed E-state index contributed by atoms with van der Waals surface area (Å²) >= 11 is 0. The van der Waals surface area contributed by atoms with Gasteiger partial charge in [-0.1, -0.05) is 0 Å². The van der Waals surface area contributed by atoms with E-state index in [1.807, 2.05) is 0 Å². The van der Waals surface area contributed by atoms with Crippen molar-refractivity contribution in [2.75, 3.05) is 19.5 Å². The van der Waals surface area contributed by atoms with Crippen molar-refractivity contribution in [2.24, 2.45) is 11.7 Å². The molecule has 2 atom stereocenters. The first-order chi connectivity index (χ1) is 10.0. The number of methoxy groups -OCH3 is 1. The number of carbonyl (C=O) groups is 2. The maximum absolute atomic E-state index is 12.3. The molecular formula is C15H21N3O3. The Labute approximate surface area is 124 Å². The fourth-order valence-electron chi connectivity index (χ4n) is 2.58. The summed E-state index contributed by atoms with van der Waals surface area (Å²) in [6.45, 7) is 0. The van der Waals surface area contributed by atoms with Crippen molar-refractivity contribution in [2.45, 2.75) is 25.3 Å². The second-order valence-electron chi connectivity index (χ2n) is 5.25. The minimum absolute atomic E-state index is 0.0738. The first-order valence-corrected chi connectivity index (χ1v) is 7.01. The highest BCUT2D eigenvalue weighted by Crippen LogP contribution is 2.29. The predicted molar refractivity (Wildman–Crippen MR) is 80.3 cm³/mol. The van der Waals surface area contributed by atoms with Gasteiger partial charge in [-0.3, -0.25) is 9.59 Å². The van der Waals surface area contributed by atoms with Crippen LogP contribution >= 0.6 is 0 Å². The molecule has 0 bridgehead atoms. The number of carbonyl (C=O) groups excluding carboxylic acids is 2. The number of hydrogen-bond donors (Lipinski definition) is 3. The molecule has 21 heavy (non-hydrogen) atoms. The number of benzene rings is 1. The average Bonchev–Trinajstić information content (AvgIpc) is 2.93. The molecule has 1 aliphatic rings. The second-order valence-corrected chi connectivity index (χ2v) is 5.25. The van der Waals surface area contributed by atoms with Crippen molar-refractivity contribution in [1.29, 1.82) is 0 Å². The Kier molecular flexibility index (Phi) is 4.80. The molecule has 4 N–H and O–H groups in total. The fourth-order valence-corrected chi connectivity index (χ4v) is 2.58. The summed E-state index contributed by atoms with van der Waals surface area (Å²) in [5, 5.41) is 5.40. The van der Waals surface area contributed by atoms with Crippen LogP contribution < -0.4 is 21.1 Å². The topological polar surface area (TPSA) is 93.5 Å². The number of anilines is 1. The van der Waals surface area contributed by atoms with Gasteiger partial charge in [0.05, 0.1) is 12.8 Å². The molecule has 0 spiro atoms. The Morgan fingerprint density at radius 2 is 2.10 bits per heavy atom. The normalized spacial score (nSPS) is 20.9. The molecule has 2 amide bonds. The molecule has 2 rings (SSSR count). The van der Waals surface area contributed by atoms with Crippen LogP contribution in [0.25, 0.3) is 0 Å². The van der Waals surface area contributed by atoms with Crippen LogP contribution in [0.15, 0.2) is 18.2 Å². The lowest BCUT2D eigenvalue weighted by Gasteiger charge is -2.14. The molecule has 1 aliphatic carbocycles. The van der Waals surface area contributed by atoms with Crippen molar-refractivity contribution in [3.8, 4) is 5.75 Å². The van der Waals surface area contributed by atoms with Crippen molar-refractivity contribution in [3.63, 3.8) is 0 Å². The highest BCUT2D eigenvalue weighted by atomic mass is 16.5. The maximum atomic E-state index is 12.3. The van der Waals surface area contributed by atoms with E-state index in [0.717, 1.165) is 12.8 Å². The molecule has 114 valence electrons. The third-order valence-corrected chi connectivity index (χ3v) is 3.79. The summed E-state index contributed by atoms with van der Waals surface area (Å²) in [6.07, 6.45) is 2.36. The molecule has 1 fully saturated rings. The van der Waals surface area contributed by atoms with Gasteiger partial charge >= 0.3 is 0 Å². The van der Waals surface area contributed by atoms with Gasteiger partial charge in [-0.05, 0) is 37.5 Å². The first kappa shape index (κ1) is 15.3. The summed E-state index contributed by atoms with van der Waals surface area (Å²) in [5.41, 5.74) is 6.81. The lowest BCUT2D eigenvalue weighted by molar-refractivity contribution is -0.119. The standard InChI is InChI=1S/C15H21N3O3/c1-17-14(19)10-4-6-13(21-2)12(8-10)18-15(20)9-3-5-11(16)7-9/h4,6,8-9,11H,3,5,7,16H2,1-2H3,(H,17,19)(H,18,20). The van der Waals surface area contributed by atoms with Crippen LogP contribution in [-0.2, 0) is 4.79 Å². The lowest BCUT2D eigenvalue weighted by atomic mass is 10.1. The average molecular weight is 291 g/mol. The predicted octanol–water partition coefficient (Wildman–Crippen LogP) is 1.12. The second kappa shape index (κ2) is 6.58. The molecule has 2 unspecified atom stereocenters. The molecule has 1 saturated carbocycles. The van der Waals surface area contributed by atoms with Crippen molar-refractivity contribution in [3.05, 3.63) is 23.8 Å². The third-order valence-electron chi connectivity index (χ3n) is 3.79. The van der Waals surface area contributed by atoms with E-state index in [1.165, 1.54) is 7.11 Å². The molecule has 0 heterocycles. The van der Waals surface area contributed by atoms with Gasteiger partial charge in [0.15, 0.2) is 0 Å². The van der Waals surface area contributed by atoms with E-state index in [2.05, 4.69) is 10.6 Å². The smallest absolute Gasteiger partial charge is 0.251 e. The summed E-state index contributed by atoms with van der Waals surface area (Å²) in [6, 6.07) is 5.03. The van der Waals surface area contributed by atoms with E-state index in [0.29, 0.717) is 23.4 Å². The molecule has 0 radical (unpaired) electrons. The van der Waals surface area contributed by atoms with Gasteiger partial charge in [0, 0.05) is 24.6 Å². The van der Waals surface area contributed by atoms with Gasteiger partial charge in [0.25, 0.3) is 5.91 Å². The molecule has 0 aromatic heterocycles. The Balaban J connectivity index is 2.17. The van der Waals surface area contributed by atoms with Crippen LogP contribution in [0.1, 0.15) is 29.6 Å². The van der Waals surface area contributed by atoms with Crippen LogP contribution in [0.5, 0.6) is 5.75 Å². The van der Waals surface area contributed by atoms with Gasteiger partial charge in [-0.15, -0.1) is 0 Å². The zero-order valence-corrected chi connectivity index (χ0v) is 12.3. The van der Waals surface area contributed by atoms with E-state index in [9.17, 15) is 9.59 Å². The quantitative estimate of drug-likeness (QED) is 0.775. The number of rotatable bonds is 4. The zero-order chi connectivity index (χ0) is 15.4. The third kappa shape index (κ3) is 3.52. The van der Waals surface area contributed by atoms with Crippen LogP contribution in [0.4, 0.5) is 5.69 Å². The molecule has 0 saturated heterocycles. The Hall–Kier alpha value is -2.08. The Morgan fingerprint density at radius 1 is 1.33 bits per heavy atom. The lowest BCUT2D eigenvalue weighted by Crippen LogP contribution is -2.24. The first-order valence-electron chi connectivity index (χ1n) is 7.01. The van der Waals surface area contributed by atoms with Gasteiger partial charge in [0.1, 0.15) is 5.75 Å². The van der Waals surface area contributed by atoms with Crippen molar-refractivity contribution < 1.29 is 14.3 Å². The van der Waals surface area contributed by atoms with Gasteiger partial charge in [-0.2, -0.15) is 0 Å². The van der Waals surface area contributed by atoms with Crippen molar-refractivity contribution in [1.82, 2.24) is 5.32 Å². The molecular weight excluding hydrogens is 270 g/mol. The highest BCUT2D eigenvalue weighted by molar-refractivity contribution is 5.98. The maximum Gasteiger partial charge on any atom is 0.251 e.